The number of rotatable bonds is 4. The Labute approximate surface area is 97.7 Å². The van der Waals surface area contributed by atoms with Gasteiger partial charge in [-0.15, -0.1) is 0 Å². The zero-order valence-corrected chi connectivity index (χ0v) is 10.2. The summed E-state index contributed by atoms with van der Waals surface area (Å²) in [4.78, 5) is 0. The van der Waals surface area contributed by atoms with Gasteiger partial charge in [0.05, 0.1) is 0 Å². The Hall–Kier alpha value is -1.02. The molecule has 16 heavy (non-hydrogen) atoms. The van der Waals surface area contributed by atoms with E-state index in [0.717, 1.165) is 12.1 Å². The van der Waals surface area contributed by atoms with Gasteiger partial charge in [-0.1, -0.05) is 31.5 Å². The third-order valence-corrected chi connectivity index (χ3v) is 3.80. The lowest BCUT2D eigenvalue weighted by Gasteiger charge is -2.39. The molecule has 0 saturated heterocycles. The molecular formula is C14H21NO. The van der Waals surface area contributed by atoms with Crippen molar-refractivity contribution in [3.8, 4) is 5.75 Å². The number of benzene rings is 1. The maximum atomic E-state index is 9.74. The molecule has 0 heterocycles. The minimum absolute atomic E-state index is 0.221. The van der Waals surface area contributed by atoms with Crippen molar-refractivity contribution in [2.24, 2.45) is 5.41 Å². The number of aromatic hydroxyl groups is 1. The second kappa shape index (κ2) is 4.46. The lowest BCUT2D eigenvalue weighted by atomic mass is 9.70. The smallest absolute Gasteiger partial charge is 0.120 e. The van der Waals surface area contributed by atoms with Gasteiger partial charge in [0.15, 0.2) is 0 Å². The second-order valence-electron chi connectivity index (χ2n) is 5.33. The minimum atomic E-state index is 0.221. The van der Waals surface area contributed by atoms with E-state index in [9.17, 15) is 5.11 Å². The Balaban J connectivity index is 1.93. The second-order valence-corrected chi connectivity index (χ2v) is 5.33. The standard InChI is InChI=1S/C14H21NO/c1-11(12-6-3-4-7-13(12)16)15-10-14(2)8-5-9-14/h3-4,6-7,11,15-16H,5,8-10H2,1-2H3. The van der Waals surface area contributed by atoms with Crippen LogP contribution in [0.5, 0.6) is 5.75 Å². The van der Waals surface area contributed by atoms with E-state index >= 15 is 0 Å². The van der Waals surface area contributed by atoms with Crippen LogP contribution < -0.4 is 5.32 Å². The van der Waals surface area contributed by atoms with E-state index in [0.29, 0.717) is 11.2 Å². The molecule has 2 rings (SSSR count). The van der Waals surface area contributed by atoms with E-state index in [1.807, 2.05) is 18.2 Å². The first-order chi connectivity index (χ1) is 7.61. The molecule has 88 valence electrons. The van der Waals surface area contributed by atoms with Gasteiger partial charge in [-0.3, -0.25) is 0 Å². The molecule has 0 spiro atoms. The van der Waals surface area contributed by atoms with Crippen molar-refractivity contribution in [1.82, 2.24) is 5.32 Å². The minimum Gasteiger partial charge on any atom is -0.508 e. The van der Waals surface area contributed by atoms with E-state index in [-0.39, 0.29) is 6.04 Å². The molecule has 1 atom stereocenters. The van der Waals surface area contributed by atoms with E-state index in [1.54, 1.807) is 6.07 Å². The van der Waals surface area contributed by atoms with Crippen molar-refractivity contribution in [2.45, 2.75) is 39.2 Å². The van der Waals surface area contributed by atoms with E-state index in [1.165, 1.54) is 19.3 Å². The maximum absolute atomic E-state index is 9.74. The van der Waals surface area contributed by atoms with Crippen molar-refractivity contribution >= 4 is 0 Å². The van der Waals surface area contributed by atoms with Crippen LogP contribution in [-0.4, -0.2) is 11.7 Å². The summed E-state index contributed by atoms with van der Waals surface area (Å²) >= 11 is 0. The normalized spacial score (nSPS) is 20.1. The van der Waals surface area contributed by atoms with Crippen LogP contribution in [0, 0.1) is 5.41 Å². The number of hydrogen-bond acceptors (Lipinski definition) is 2. The number of para-hydroxylation sites is 1. The highest BCUT2D eigenvalue weighted by molar-refractivity contribution is 5.34. The van der Waals surface area contributed by atoms with Crippen molar-refractivity contribution in [3.05, 3.63) is 29.8 Å². The Kier molecular flexibility index (Phi) is 3.20. The van der Waals surface area contributed by atoms with Crippen molar-refractivity contribution < 1.29 is 5.11 Å². The molecule has 0 bridgehead atoms. The van der Waals surface area contributed by atoms with Crippen LogP contribution in [0.4, 0.5) is 0 Å². The van der Waals surface area contributed by atoms with E-state index in [2.05, 4.69) is 19.2 Å². The predicted octanol–water partition coefficient (Wildman–Crippen LogP) is 3.23. The quantitative estimate of drug-likeness (QED) is 0.815. The third kappa shape index (κ3) is 2.38. The molecule has 1 saturated carbocycles. The average Bonchev–Trinajstić information content (AvgIpc) is 2.24. The van der Waals surface area contributed by atoms with Crippen LogP contribution >= 0.6 is 0 Å². The highest BCUT2D eigenvalue weighted by Crippen LogP contribution is 2.40. The van der Waals surface area contributed by atoms with Gasteiger partial charge in [0.1, 0.15) is 5.75 Å². The average molecular weight is 219 g/mol. The number of phenols is 1. The molecule has 2 nitrogen and oxygen atoms in total. The maximum Gasteiger partial charge on any atom is 0.120 e. The van der Waals surface area contributed by atoms with Gasteiger partial charge in [-0.05, 0) is 31.2 Å². The summed E-state index contributed by atoms with van der Waals surface area (Å²) in [6.45, 7) is 5.49. The molecule has 0 amide bonds. The summed E-state index contributed by atoms with van der Waals surface area (Å²) < 4.78 is 0. The van der Waals surface area contributed by atoms with Crippen LogP contribution in [0.2, 0.25) is 0 Å². The molecule has 1 aromatic carbocycles. The highest BCUT2D eigenvalue weighted by Gasteiger charge is 2.31. The predicted molar refractivity (Wildman–Crippen MR) is 66.5 cm³/mol. The first-order valence-electron chi connectivity index (χ1n) is 6.12. The summed E-state index contributed by atoms with van der Waals surface area (Å²) in [7, 11) is 0. The Morgan fingerprint density at radius 2 is 2.06 bits per heavy atom. The third-order valence-electron chi connectivity index (χ3n) is 3.80. The van der Waals surface area contributed by atoms with Crippen LogP contribution in [0.25, 0.3) is 0 Å². The van der Waals surface area contributed by atoms with Gasteiger partial charge >= 0.3 is 0 Å². The van der Waals surface area contributed by atoms with Gasteiger partial charge in [-0.25, -0.2) is 0 Å². The van der Waals surface area contributed by atoms with Gasteiger partial charge < -0.3 is 10.4 Å². The number of phenolic OH excluding ortho intramolecular Hbond substituents is 1. The lowest BCUT2D eigenvalue weighted by Crippen LogP contribution is -2.38. The van der Waals surface area contributed by atoms with Gasteiger partial charge in [0.2, 0.25) is 0 Å². The van der Waals surface area contributed by atoms with E-state index in [4.69, 9.17) is 0 Å². The fraction of sp³-hybridized carbons (Fsp3) is 0.571. The number of hydrogen-bond donors (Lipinski definition) is 2. The monoisotopic (exact) mass is 219 g/mol. The number of nitrogens with one attached hydrogen (secondary N) is 1. The first-order valence-corrected chi connectivity index (χ1v) is 6.12. The van der Waals surface area contributed by atoms with Crippen LogP contribution in [0.3, 0.4) is 0 Å². The van der Waals surface area contributed by atoms with Gasteiger partial charge in [0.25, 0.3) is 0 Å². The molecular weight excluding hydrogens is 198 g/mol. The van der Waals surface area contributed by atoms with Crippen LogP contribution in [0.15, 0.2) is 24.3 Å². The Morgan fingerprint density at radius 3 is 2.62 bits per heavy atom. The molecule has 0 radical (unpaired) electrons. The summed E-state index contributed by atoms with van der Waals surface area (Å²) in [6.07, 6.45) is 4.02. The first kappa shape index (κ1) is 11.5. The molecule has 2 N–H and O–H groups in total. The van der Waals surface area contributed by atoms with Crippen LogP contribution in [0.1, 0.15) is 44.7 Å². The molecule has 1 aliphatic carbocycles. The summed E-state index contributed by atoms with van der Waals surface area (Å²) in [6, 6.07) is 7.78. The fourth-order valence-corrected chi connectivity index (χ4v) is 2.32. The molecule has 0 aromatic heterocycles. The molecule has 1 aliphatic rings. The zero-order valence-electron chi connectivity index (χ0n) is 10.2. The molecule has 2 heteroatoms. The van der Waals surface area contributed by atoms with Crippen molar-refractivity contribution in [3.63, 3.8) is 0 Å². The van der Waals surface area contributed by atoms with Gasteiger partial charge in [0, 0.05) is 18.2 Å². The van der Waals surface area contributed by atoms with Crippen LogP contribution in [-0.2, 0) is 0 Å². The van der Waals surface area contributed by atoms with Crippen molar-refractivity contribution in [1.29, 1.82) is 0 Å². The largest absolute Gasteiger partial charge is 0.508 e. The molecule has 1 unspecified atom stereocenters. The fourth-order valence-electron chi connectivity index (χ4n) is 2.32. The topological polar surface area (TPSA) is 32.3 Å². The Bertz CT molecular complexity index is 358. The molecule has 0 aliphatic heterocycles. The molecule has 1 fully saturated rings. The summed E-state index contributed by atoms with van der Waals surface area (Å²) in [5, 5.41) is 13.3. The van der Waals surface area contributed by atoms with Gasteiger partial charge in [-0.2, -0.15) is 0 Å². The SMILES string of the molecule is CC(NCC1(C)CCC1)c1ccccc1O. The summed E-state index contributed by atoms with van der Waals surface area (Å²) in [5.74, 6) is 0.390. The zero-order chi connectivity index (χ0) is 11.6. The van der Waals surface area contributed by atoms with Crippen molar-refractivity contribution in [2.75, 3.05) is 6.54 Å². The summed E-state index contributed by atoms with van der Waals surface area (Å²) in [5.41, 5.74) is 1.48. The highest BCUT2D eigenvalue weighted by atomic mass is 16.3. The van der Waals surface area contributed by atoms with E-state index < -0.39 is 0 Å². The lowest BCUT2D eigenvalue weighted by molar-refractivity contribution is 0.151. The Morgan fingerprint density at radius 1 is 1.38 bits per heavy atom. The molecule has 1 aromatic rings.